The third kappa shape index (κ3) is 79.3. The largest absolute Gasteiger partial charge is 0.472 e. The lowest BCUT2D eigenvalue weighted by Gasteiger charge is -2.21. The van der Waals surface area contributed by atoms with Crippen molar-refractivity contribution in [1.29, 1.82) is 0 Å². The molecule has 0 saturated carbocycles. The molecule has 0 aromatic heterocycles. The fourth-order valence-corrected chi connectivity index (χ4v) is 15.5. The average molecular weight is 1580 g/mol. The van der Waals surface area contributed by atoms with E-state index in [2.05, 4.69) is 41.5 Å². The van der Waals surface area contributed by atoms with Crippen LogP contribution in [0.25, 0.3) is 0 Å². The lowest BCUT2D eigenvalue weighted by atomic mass is 9.99. The van der Waals surface area contributed by atoms with E-state index in [1.807, 2.05) is 0 Å². The van der Waals surface area contributed by atoms with Crippen LogP contribution in [-0.2, 0) is 65.4 Å². The molecule has 0 radical (unpaired) electrons. The molecule has 0 heterocycles. The van der Waals surface area contributed by atoms with Crippen LogP contribution >= 0.6 is 15.6 Å². The Bertz CT molecular complexity index is 2070. The highest BCUT2D eigenvalue weighted by Crippen LogP contribution is 2.45. The van der Waals surface area contributed by atoms with Crippen LogP contribution in [0.4, 0.5) is 0 Å². The minimum atomic E-state index is -4.97. The molecule has 4 unspecified atom stereocenters. The van der Waals surface area contributed by atoms with Crippen LogP contribution in [-0.4, -0.2) is 96.7 Å². The van der Waals surface area contributed by atoms with Gasteiger partial charge in [-0.2, -0.15) is 0 Å². The average Bonchev–Trinajstić information content (AvgIpc) is 0.897. The molecule has 0 aliphatic carbocycles. The smallest absolute Gasteiger partial charge is 0.462 e. The fourth-order valence-electron chi connectivity index (χ4n) is 13.9. The zero-order valence-corrected chi connectivity index (χ0v) is 73.0. The first-order chi connectivity index (χ1) is 52.4. The van der Waals surface area contributed by atoms with Gasteiger partial charge in [-0.3, -0.25) is 37.3 Å². The van der Waals surface area contributed by atoms with Gasteiger partial charge < -0.3 is 33.8 Å². The molecule has 0 spiro atoms. The quantitative estimate of drug-likeness (QED) is 0.0222. The molecule has 108 heavy (non-hydrogen) atoms. The maximum Gasteiger partial charge on any atom is 0.472 e. The normalized spacial score (nSPS) is 14.3. The molecular weight excluding hydrogens is 1400 g/mol. The van der Waals surface area contributed by atoms with E-state index in [1.54, 1.807) is 0 Å². The highest BCUT2D eigenvalue weighted by molar-refractivity contribution is 7.47. The molecule has 0 aromatic carbocycles. The minimum Gasteiger partial charge on any atom is -0.462 e. The van der Waals surface area contributed by atoms with Gasteiger partial charge in [0.25, 0.3) is 0 Å². The number of carbonyl (C=O) groups is 4. The second-order valence-corrected chi connectivity index (χ2v) is 35.4. The van der Waals surface area contributed by atoms with Gasteiger partial charge in [0, 0.05) is 25.7 Å². The first kappa shape index (κ1) is 106. The standard InChI is InChI=1S/C89H174O17P2/c1-7-11-13-15-17-19-21-22-23-24-25-26-27-28-29-37-43-49-55-61-67-73-88(93)106-85(78-100-87(92)72-66-60-54-48-42-36-32-30-34-40-45-51-57-63-69-81(5)9-3)80-104-108(97,98)102-76-83(90)75-101-107(95,96)103-79-84(77-99-86(91)71-65-59-53-47-39-20-18-16-14-12-8-2)105-89(94)74-68-62-56-50-44-38-33-31-35-41-46-52-58-64-70-82(6)10-4/h81-85,90H,7-80H2,1-6H3,(H,95,96)(H,97,98)/t81?,82?,83-,84+,85+/m0/s1. The van der Waals surface area contributed by atoms with Gasteiger partial charge in [-0.25, -0.2) is 9.13 Å². The molecule has 0 aromatic rings. The maximum absolute atomic E-state index is 13.2. The molecule has 19 heteroatoms. The van der Waals surface area contributed by atoms with Gasteiger partial charge in [-0.15, -0.1) is 0 Å². The summed E-state index contributed by atoms with van der Waals surface area (Å²) in [4.78, 5) is 73.3. The first-order valence-corrected chi connectivity index (χ1v) is 49.1. The highest BCUT2D eigenvalue weighted by atomic mass is 31.2. The monoisotopic (exact) mass is 1580 g/mol. The van der Waals surface area contributed by atoms with Crippen molar-refractivity contribution in [2.75, 3.05) is 39.6 Å². The molecule has 7 atom stereocenters. The van der Waals surface area contributed by atoms with Crippen molar-refractivity contribution in [2.24, 2.45) is 11.8 Å². The molecule has 0 amide bonds. The van der Waals surface area contributed by atoms with Crippen LogP contribution < -0.4 is 0 Å². The summed E-state index contributed by atoms with van der Waals surface area (Å²) in [6.07, 6.45) is 73.4. The van der Waals surface area contributed by atoms with Gasteiger partial charge in [0.1, 0.15) is 19.3 Å². The third-order valence-electron chi connectivity index (χ3n) is 21.7. The summed E-state index contributed by atoms with van der Waals surface area (Å²) in [5.74, 6) is -0.401. The van der Waals surface area contributed by atoms with Crippen LogP contribution in [0.3, 0.4) is 0 Å². The second-order valence-electron chi connectivity index (χ2n) is 32.5. The Morgan fingerprint density at radius 3 is 0.657 bits per heavy atom. The second kappa shape index (κ2) is 80.3. The summed E-state index contributed by atoms with van der Waals surface area (Å²) in [5.41, 5.74) is 0. The SMILES string of the molecule is CCCCCCCCCCCCCCCCCCCCCCCC(=O)O[C@H](COC(=O)CCCCCCCCCCCCCCCCC(C)CC)COP(=O)(O)OC[C@@H](O)COP(=O)(O)OC[C@@H](COC(=O)CCCCCCCCCCCCC)OC(=O)CCCCCCCCCCCCCCCCC(C)CC. The maximum atomic E-state index is 13.2. The predicted molar refractivity (Wildman–Crippen MR) is 446 cm³/mol. The van der Waals surface area contributed by atoms with E-state index in [-0.39, 0.29) is 25.7 Å². The highest BCUT2D eigenvalue weighted by Gasteiger charge is 2.31. The molecule has 0 aliphatic rings. The van der Waals surface area contributed by atoms with E-state index in [0.717, 1.165) is 102 Å². The number of rotatable bonds is 88. The Morgan fingerprint density at radius 1 is 0.259 bits per heavy atom. The van der Waals surface area contributed by atoms with Crippen LogP contribution in [0, 0.1) is 11.8 Å². The number of hydrogen-bond acceptors (Lipinski definition) is 15. The Hall–Kier alpha value is -1.94. The van der Waals surface area contributed by atoms with Crippen molar-refractivity contribution in [3.63, 3.8) is 0 Å². The van der Waals surface area contributed by atoms with Crippen molar-refractivity contribution in [2.45, 2.75) is 496 Å². The van der Waals surface area contributed by atoms with Crippen LogP contribution in [0.1, 0.15) is 478 Å². The molecule has 0 aliphatic heterocycles. The fraction of sp³-hybridized carbons (Fsp3) is 0.955. The summed E-state index contributed by atoms with van der Waals surface area (Å²) >= 11 is 0. The van der Waals surface area contributed by atoms with E-state index >= 15 is 0 Å². The minimum absolute atomic E-state index is 0.108. The Balaban J connectivity index is 5.24. The summed E-state index contributed by atoms with van der Waals surface area (Å²) in [6.45, 7) is 9.80. The molecule has 17 nitrogen and oxygen atoms in total. The molecule has 0 rings (SSSR count). The zero-order chi connectivity index (χ0) is 79.2. The summed E-state index contributed by atoms with van der Waals surface area (Å²) in [7, 11) is -9.93. The van der Waals surface area contributed by atoms with E-state index in [4.69, 9.17) is 37.0 Å². The van der Waals surface area contributed by atoms with Crippen LogP contribution in [0.15, 0.2) is 0 Å². The number of hydrogen-bond donors (Lipinski definition) is 3. The van der Waals surface area contributed by atoms with Crippen molar-refractivity contribution >= 4 is 39.5 Å². The van der Waals surface area contributed by atoms with Gasteiger partial charge in [-0.1, -0.05) is 427 Å². The van der Waals surface area contributed by atoms with Gasteiger partial charge in [0.05, 0.1) is 26.4 Å². The predicted octanol–water partition coefficient (Wildman–Crippen LogP) is 27.4. The number of carbonyl (C=O) groups excluding carboxylic acids is 4. The molecule has 642 valence electrons. The van der Waals surface area contributed by atoms with Gasteiger partial charge in [0.2, 0.25) is 0 Å². The Kier molecular flexibility index (Phi) is 78.8. The number of esters is 4. The van der Waals surface area contributed by atoms with Crippen molar-refractivity contribution in [3.05, 3.63) is 0 Å². The van der Waals surface area contributed by atoms with Crippen molar-refractivity contribution in [1.82, 2.24) is 0 Å². The number of aliphatic hydroxyl groups excluding tert-OH is 1. The molecular formula is C89H174O17P2. The molecule has 0 fully saturated rings. The zero-order valence-electron chi connectivity index (χ0n) is 71.2. The van der Waals surface area contributed by atoms with E-state index in [0.29, 0.717) is 25.7 Å². The number of ether oxygens (including phenoxy) is 4. The summed E-state index contributed by atoms with van der Waals surface area (Å²) < 4.78 is 69.0. The van der Waals surface area contributed by atoms with Gasteiger partial charge in [-0.05, 0) is 37.5 Å². The summed E-state index contributed by atoms with van der Waals surface area (Å²) in [5, 5.41) is 10.7. The van der Waals surface area contributed by atoms with Crippen LogP contribution in [0.2, 0.25) is 0 Å². The molecule has 3 N–H and O–H groups in total. The number of aliphatic hydroxyl groups is 1. The van der Waals surface area contributed by atoms with Crippen molar-refractivity contribution < 1.29 is 80.2 Å². The molecule has 0 saturated heterocycles. The van der Waals surface area contributed by atoms with E-state index in [9.17, 15) is 43.2 Å². The Labute approximate surface area is 664 Å². The topological polar surface area (TPSA) is 237 Å². The lowest BCUT2D eigenvalue weighted by molar-refractivity contribution is -0.161. The van der Waals surface area contributed by atoms with Crippen molar-refractivity contribution in [3.8, 4) is 0 Å². The third-order valence-corrected chi connectivity index (χ3v) is 23.6. The summed E-state index contributed by atoms with van der Waals surface area (Å²) in [6, 6.07) is 0. The molecule has 0 bridgehead atoms. The number of phosphoric ester groups is 2. The van der Waals surface area contributed by atoms with E-state index < -0.39 is 97.5 Å². The number of phosphoric acid groups is 2. The van der Waals surface area contributed by atoms with Gasteiger partial charge >= 0.3 is 39.5 Å². The first-order valence-electron chi connectivity index (χ1n) is 46.1. The van der Waals surface area contributed by atoms with Crippen LogP contribution in [0.5, 0.6) is 0 Å². The number of unbranched alkanes of at least 4 members (excludes halogenated alkanes) is 56. The van der Waals surface area contributed by atoms with E-state index in [1.165, 1.54) is 295 Å². The van der Waals surface area contributed by atoms with Gasteiger partial charge in [0.15, 0.2) is 12.2 Å². The lowest BCUT2D eigenvalue weighted by Crippen LogP contribution is -2.30. The Morgan fingerprint density at radius 2 is 0.444 bits per heavy atom.